The zero-order chi connectivity index (χ0) is 14.9. The topological polar surface area (TPSA) is 29.9 Å². The minimum absolute atomic E-state index is 0.0727. The minimum atomic E-state index is -0.180. The Morgan fingerprint density at radius 2 is 2.00 bits per heavy atom. The van der Waals surface area contributed by atoms with Gasteiger partial charge in [0, 0.05) is 36.3 Å². The van der Waals surface area contributed by atoms with Crippen LogP contribution in [-0.2, 0) is 19.0 Å². The van der Waals surface area contributed by atoms with E-state index in [9.17, 15) is 4.39 Å². The number of nitrogens with zero attached hydrogens (tertiary/aromatic N) is 2. The van der Waals surface area contributed by atoms with E-state index in [1.807, 2.05) is 32.4 Å². The van der Waals surface area contributed by atoms with Gasteiger partial charge in [-0.2, -0.15) is 5.10 Å². The fourth-order valence-corrected chi connectivity index (χ4v) is 2.30. The van der Waals surface area contributed by atoms with Crippen LogP contribution in [0.5, 0.6) is 0 Å². The van der Waals surface area contributed by atoms with Gasteiger partial charge in [-0.15, -0.1) is 0 Å². The maximum Gasteiger partial charge on any atom is 0.128 e. The van der Waals surface area contributed by atoms with Crippen LogP contribution in [0.3, 0.4) is 0 Å². The van der Waals surface area contributed by atoms with Crippen LogP contribution in [0.25, 0.3) is 11.1 Å². The smallest absolute Gasteiger partial charge is 0.128 e. The van der Waals surface area contributed by atoms with Gasteiger partial charge in [-0.3, -0.25) is 4.68 Å². The van der Waals surface area contributed by atoms with Crippen LogP contribution in [0.4, 0.5) is 4.39 Å². The molecule has 0 aliphatic rings. The van der Waals surface area contributed by atoms with Crippen molar-refractivity contribution in [1.29, 1.82) is 0 Å². The molecular weight excluding hydrogens is 253 g/mol. The third-order valence-corrected chi connectivity index (χ3v) is 3.27. The number of aryl methyl sites for hydroxylation is 1. The van der Waals surface area contributed by atoms with Crippen molar-refractivity contribution < 1.29 is 4.39 Å². The van der Waals surface area contributed by atoms with E-state index in [1.54, 1.807) is 10.7 Å². The molecule has 0 saturated carbocycles. The highest BCUT2D eigenvalue weighted by Crippen LogP contribution is 2.32. The van der Waals surface area contributed by atoms with Gasteiger partial charge in [-0.05, 0) is 18.7 Å². The zero-order valence-corrected chi connectivity index (χ0v) is 12.8. The second-order valence-electron chi connectivity index (χ2n) is 6.15. The molecule has 2 rings (SSSR count). The van der Waals surface area contributed by atoms with E-state index in [4.69, 9.17) is 0 Å². The van der Waals surface area contributed by atoms with Gasteiger partial charge in [0.25, 0.3) is 0 Å². The summed E-state index contributed by atoms with van der Waals surface area (Å²) in [5.74, 6) is -0.180. The summed E-state index contributed by atoms with van der Waals surface area (Å²) in [5, 5.41) is 7.50. The van der Waals surface area contributed by atoms with E-state index in [1.165, 1.54) is 0 Å². The molecule has 0 aliphatic carbocycles. The Morgan fingerprint density at radius 1 is 1.30 bits per heavy atom. The van der Waals surface area contributed by atoms with Crippen molar-refractivity contribution in [3.05, 3.63) is 41.5 Å². The first-order valence-electron chi connectivity index (χ1n) is 6.80. The Bertz CT molecular complexity index is 609. The summed E-state index contributed by atoms with van der Waals surface area (Å²) in [6, 6.07) is 5.39. The monoisotopic (exact) mass is 275 g/mol. The Kier molecular flexibility index (Phi) is 3.95. The van der Waals surface area contributed by atoms with Crippen molar-refractivity contribution in [3.8, 4) is 11.1 Å². The summed E-state index contributed by atoms with van der Waals surface area (Å²) >= 11 is 0. The SMILES string of the molecule is CNCc1ccc(-c2cn(C)nc2C(C)(C)C)cc1F. The van der Waals surface area contributed by atoms with E-state index >= 15 is 0 Å². The standard InChI is InChI=1S/C16H22FN3/c1-16(2,3)15-13(10-20(5)19-15)11-6-7-12(9-18-4)14(17)8-11/h6-8,10,18H,9H2,1-5H3. The van der Waals surface area contributed by atoms with Crippen molar-refractivity contribution in [2.45, 2.75) is 32.7 Å². The van der Waals surface area contributed by atoms with Gasteiger partial charge in [0.2, 0.25) is 0 Å². The molecular formula is C16H22FN3. The predicted octanol–water partition coefficient (Wildman–Crippen LogP) is 3.24. The first-order chi connectivity index (χ1) is 9.32. The summed E-state index contributed by atoms with van der Waals surface area (Å²) in [6.07, 6.45) is 1.95. The molecule has 3 nitrogen and oxygen atoms in total. The quantitative estimate of drug-likeness (QED) is 0.932. The molecule has 0 bridgehead atoms. The molecule has 4 heteroatoms. The molecule has 0 atom stereocenters. The molecule has 1 heterocycles. The summed E-state index contributed by atoms with van der Waals surface area (Å²) in [6.45, 7) is 6.88. The maximum absolute atomic E-state index is 14.1. The second kappa shape index (κ2) is 5.37. The largest absolute Gasteiger partial charge is 0.316 e. The lowest BCUT2D eigenvalue weighted by Crippen LogP contribution is -2.14. The fraction of sp³-hybridized carbons (Fsp3) is 0.438. The van der Waals surface area contributed by atoms with Crippen LogP contribution < -0.4 is 5.32 Å². The van der Waals surface area contributed by atoms with Crippen LogP contribution in [0.2, 0.25) is 0 Å². The normalized spacial score (nSPS) is 11.9. The molecule has 1 aromatic carbocycles. The van der Waals surface area contributed by atoms with Gasteiger partial charge < -0.3 is 5.32 Å². The Balaban J connectivity index is 2.49. The number of hydrogen-bond donors (Lipinski definition) is 1. The Morgan fingerprint density at radius 3 is 2.55 bits per heavy atom. The first kappa shape index (κ1) is 14.7. The van der Waals surface area contributed by atoms with Gasteiger partial charge in [0.1, 0.15) is 5.82 Å². The van der Waals surface area contributed by atoms with Gasteiger partial charge in [-0.1, -0.05) is 32.9 Å². The lowest BCUT2D eigenvalue weighted by atomic mass is 9.87. The third kappa shape index (κ3) is 2.90. The molecule has 2 aromatic rings. The molecule has 0 fully saturated rings. The number of nitrogens with one attached hydrogen (secondary N) is 1. The van der Waals surface area contributed by atoms with Crippen LogP contribution >= 0.6 is 0 Å². The molecule has 20 heavy (non-hydrogen) atoms. The molecule has 0 aliphatic heterocycles. The summed E-state index contributed by atoms with van der Waals surface area (Å²) in [4.78, 5) is 0. The highest BCUT2D eigenvalue weighted by Gasteiger charge is 2.23. The van der Waals surface area contributed by atoms with Gasteiger partial charge >= 0.3 is 0 Å². The number of benzene rings is 1. The van der Waals surface area contributed by atoms with Gasteiger partial charge in [-0.25, -0.2) is 4.39 Å². The van der Waals surface area contributed by atoms with Crippen LogP contribution in [0, 0.1) is 5.82 Å². The lowest BCUT2D eigenvalue weighted by Gasteiger charge is -2.17. The molecule has 1 aromatic heterocycles. The predicted molar refractivity (Wildman–Crippen MR) is 80.1 cm³/mol. The van der Waals surface area contributed by atoms with E-state index in [0.717, 1.165) is 16.8 Å². The van der Waals surface area contributed by atoms with E-state index in [2.05, 4.69) is 31.2 Å². The van der Waals surface area contributed by atoms with Crippen molar-refractivity contribution >= 4 is 0 Å². The number of rotatable bonds is 3. The second-order valence-corrected chi connectivity index (χ2v) is 6.15. The molecule has 0 saturated heterocycles. The van der Waals surface area contributed by atoms with Crippen LogP contribution in [0.15, 0.2) is 24.4 Å². The van der Waals surface area contributed by atoms with Crippen molar-refractivity contribution in [2.75, 3.05) is 7.05 Å². The number of halogens is 1. The molecule has 108 valence electrons. The minimum Gasteiger partial charge on any atom is -0.316 e. The van der Waals surface area contributed by atoms with Gasteiger partial charge in [0.15, 0.2) is 0 Å². The number of aromatic nitrogens is 2. The van der Waals surface area contributed by atoms with Crippen LogP contribution in [0.1, 0.15) is 32.0 Å². The van der Waals surface area contributed by atoms with Crippen molar-refractivity contribution in [3.63, 3.8) is 0 Å². The summed E-state index contributed by atoms with van der Waals surface area (Å²) < 4.78 is 15.9. The van der Waals surface area contributed by atoms with Gasteiger partial charge in [0.05, 0.1) is 5.69 Å². The van der Waals surface area contributed by atoms with Crippen molar-refractivity contribution in [2.24, 2.45) is 7.05 Å². The molecule has 0 unspecified atom stereocenters. The molecule has 0 amide bonds. The molecule has 1 N–H and O–H groups in total. The summed E-state index contributed by atoms with van der Waals surface area (Å²) in [7, 11) is 3.71. The highest BCUT2D eigenvalue weighted by molar-refractivity contribution is 5.67. The lowest BCUT2D eigenvalue weighted by molar-refractivity contribution is 0.554. The zero-order valence-electron chi connectivity index (χ0n) is 12.8. The first-order valence-corrected chi connectivity index (χ1v) is 6.80. The van der Waals surface area contributed by atoms with E-state index in [-0.39, 0.29) is 11.2 Å². The summed E-state index contributed by atoms with van der Waals surface area (Å²) in [5.41, 5.74) is 3.46. The number of hydrogen-bond acceptors (Lipinski definition) is 2. The Labute approximate surface area is 119 Å². The van der Waals surface area contributed by atoms with Crippen LogP contribution in [-0.4, -0.2) is 16.8 Å². The average Bonchev–Trinajstić information content (AvgIpc) is 2.74. The Hall–Kier alpha value is -1.68. The maximum atomic E-state index is 14.1. The van der Waals surface area contributed by atoms with E-state index < -0.39 is 0 Å². The van der Waals surface area contributed by atoms with Crippen molar-refractivity contribution in [1.82, 2.24) is 15.1 Å². The molecule has 0 radical (unpaired) electrons. The average molecular weight is 275 g/mol. The highest BCUT2D eigenvalue weighted by atomic mass is 19.1. The van der Waals surface area contributed by atoms with E-state index in [0.29, 0.717) is 12.1 Å². The fourth-order valence-electron chi connectivity index (χ4n) is 2.30. The molecule has 0 spiro atoms. The third-order valence-electron chi connectivity index (χ3n) is 3.27.